The molecule has 98 valence electrons. The molecule has 2 saturated heterocycles. The molecule has 0 unspecified atom stereocenters. The molecule has 0 aromatic carbocycles. The van der Waals surface area contributed by atoms with E-state index in [1.54, 1.807) is 4.90 Å². The minimum atomic E-state index is -0.209. The first-order valence-electron chi connectivity index (χ1n) is 6.69. The minimum Gasteiger partial charge on any atom is -0.325 e. The van der Waals surface area contributed by atoms with Crippen LogP contribution in [0.4, 0.5) is 0 Å². The van der Waals surface area contributed by atoms with Gasteiger partial charge in [-0.2, -0.15) is 5.26 Å². The van der Waals surface area contributed by atoms with Crippen LogP contribution >= 0.6 is 0 Å². The Morgan fingerprint density at radius 1 is 1.61 bits per heavy atom. The van der Waals surface area contributed by atoms with Crippen LogP contribution in [0.25, 0.3) is 0 Å². The van der Waals surface area contributed by atoms with Crippen LogP contribution in [0.1, 0.15) is 32.6 Å². The number of carbonyl (C=O) groups is 1. The predicted octanol–water partition coefficient (Wildman–Crippen LogP) is 1.45. The molecule has 2 aliphatic rings. The van der Waals surface area contributed by atoms with E-state index >= 15 is 0 Å². The fourth-order valence-electron chi connectivity index (χ4n) is 3.01. The van der Waals surface area contributed by atoms with E-state index in [2.05, 4.69) is 18.0 Å². The highest BCUT2D eigenvalue weighted by atomic mass is 16.2. The molecule has 0 bridgehead atoms. The standard InChI is InChI=1S/C14H21N3O/c1-10(2)6-11-7-13(16-9-11)14(18)17-5-3-4-12(17)8-15/h11-13,16H,1,3-7,9H2,2H3/t11-,12-,13-/m0/s1. The van der Waals surface area contributed by atoms with Crippen molar-refractivity contribution in [1.29, 1.82) is 5.26 Å². The average Bonchev–Trinajstić information content (AvgIpc) is 2.95. The molecule has 0 aromatic rings. The number of amides is 1. The van der Waals surface area contributed by atoms with Gasteiger partial charge in [0.2, 0.25) is 5.91 Å². The van der Waals surface area contributed by atoms with E-state index < -0.39 is 0 Å². The molecule has 1 amide bonds. The molecule has 2 aliphatic heterocycles. The van der Waals surface area contributed by atoms with Gasteiger partial charge in [-0.05, 0) is 45.1 Å². The normalized spacial score (nSPS) is 31.3. The Bertz CT molecular complexity index is 385. The quantitative estimate of drug-likeness (QED) is 0.768. The number of hydrogen-bond acceptors (Lipinski definition) is 3. The molecule has 0 aliphatic carbocycles. The molecular formula is C14H21N3O. The minimum absolute atomic E-state index is 0.0942. The summed E-state index contributed by atoms with van der Waals surface area (Å²) in [5.41, 5.74) is 1.17. The second-order valence-corrected chi connectivity index (χ2v) is 5.54. The van der Waals surface area contributed by atoms with E-state index in [9.17, 15) is 4.79 Å². The third kappa shape index (κ3) is 2.73. The number of allylic oxidation sites excluding steroid dienone is 1. The summed E-state index contributed by atoms with van der Waals surface area (Å²) in [5, 5.41) is 12.3. The number of nitrogens with zero attached hydrogens (tertiary/aromatic N) is 2. The molecule has 3 atom stereocenters. The highest BCUT2D eigenvalue weighted by molar-refractivity contribution is 5.83. The van der Waals surface area contributed by atoms with Gasteiger partial charge in [0.25, 0.3) is 0 Å². The zero-order valence-corrected chi connectivity index (χ0v) is 11.0. The fraction of sp³-hybridized carbons (Fsp3) is 0.714. The molecule has 0 saturated carbocycles. The van der Waals surface area contributed by atoms with E-state index in [0.717, 1.165) is 38.8 Å². The summed E-state index contributed by atoms with van der Waals surface area (Å²) >= 11 is 0. The topological polar surface area (TPSA) is 56.1 Å². The number of nitriles is 1. The van der Waals surface area contributed by atoms with Crippen LogP contribution in [0.5, 0.6) is 0 Å². The van der Waals surface area contributed by atoms with E-state index in [-0.39, 0.29) is 18.0 Å². The van der Waals surface area contributed by atoms with Crippen LogP contribution in [0.15, 0.2) is 12.2 Å². The van der Waals surface area contributed by atoms with Gasteiger partial charge in [0.1, 0.15) is 6.04 Å². The third-order valence-corrected chi connectivity index (χ3v) is 3.84. The molecule has 0 spiro atoms. The van der Waals surface area contributed by atoms with Crippen molar-refractivity contribution in [2.24, 2.45) is 5.92 Å². The molecule has 0 aromatic heterocycles. The molecule has 2 rings (SSSR count). The maximum Gasteiger partial charge on any atom is 0.240 e. The Morgan fingerprint density at radius 3 is 3.06 bits per heavy atom. The Hall–Kier alpha value is -1.34. The number of likely N-dealkylation sites (tertiary alicyclic amines) is 1. The van der Waals surface area contributed by atoms with Crippen LogP contribution in [0.2, 0.25) is 0 Å². The molecule has 4 nitrogen and oxygen atoms in total. The lowest BCUT2D eigenvalue weighted by molar-refractivity contribution is -0.133. The van der Waals surface area contributed by atoms with E-state index in [4.69, 9.17) is 5.26 Å². The zero-order valence-electron chi connectivity index (χ0n) is 11.0. The largest absolute Gasteiger partial charge is 0.325 e. The van der Waals surface area contributed by atoms with E-state index in [1.807, 2.05) is 6.92 Å². The van der Waals surface area contributed by atoms with Crippen LogP contribution < -0.4 is 5.32 Å². The van der Waals surface area contributed by atoms with E-state index in [1.165, 1.54) is 5.57 Å². The van der Waals surface area contributed by atoms with Crippen molar-refractivity contribution >= 4 is 5.91 Å². The van der Waals surface area contributed by atoms with Gasteiger partial charge in [-0.15, -0.1) is 6.58 Å². The number of carbonyl (C=O) groups excluding carboxylic acids is 1. The van der Waals surface area contributed by atoms with Crippen LogP contribution in [0, 0.1) is 17.2 Å². The van der Waals surface area contributed by atoms with Crippen molar-refractivity contribution in [2.45, 2.75) is 44.7 Å². The molecule has 18 heavy (non-hydrogen) atoms. The first kappa shape index (κ1) is 13.1. The summed E-state index contributed by atoms with van der Waals surface area (Å²) < 4.78 is 0. The van der Waals surface area contributed by atoms with Gasteiger partial charge >= 0.3 is 0 Å². The van der Waals surface area contributed by atoms with Gasteiger partial charge in [0.15, 0.2) is 0 Å². The second-order valence-electron chi connectivity index (χ2n) is 5.54. The fourth-order valence-corrected chi connectivity index (χ4v) is 3.01. The summed E-state index contributed by atoms with van der Waals surface area (Å²) in [6, 6.07) is 1.92. The van der Waals surface area contributed by atoms with Crippen LogP contribution in [0.3, 0.4) is 0 Å². The summed E-state index contributed by atoms with van der Waals surface area (Å²) in [7, 11) is 0. The van der Waals surface area contributed by atoms with Crippen molar-refractivity contribution in [2.75, 3.05) is 13.1 Å². The van der Waals surface area contributed by atoms with Gasteiger partial charge < -0.3 is 10.2 Å². The van der Waals surface area contributed by atoms with Crippen molar-refractivity contribution < 1.29 is 4.79 Å². The first-order chi connectivity index (χ1) is 8.61. The number of rotatable bonds is 3. The maximum absolute atomic E-state index is 12.3. The Labute approximate surface area is 109 Å². The summed E-state index contributed by atoms with van der Waals surface area (Å²) in [5.74, 6) is 0.628. The Balaban J connectivity index is 1.91. The van der Waals surface area contributed by atoms with Crippen LogP contribution in [-0.2, 0) is 4.79 Å². The number of hydrogen-bond donors (Lipinski definition) is 1. The van der Waals surface area contributed by atoms with Gasteiger partial charge in [0, 0.05) is 6.54 Å². The smallest absolute Gasteiger partial charge is 0.240 e. The molecule has 2 fully saturated rings. The highest BCUT2D eigenvalue weighted by Crippen LogP contribution is 2.24. The lowest BCUT2D eigenvalue weighted by atomic mass is 9.98. The van der Waals surface area contributed by atoms with E-state index in [0.29, 0.717) is 5.92 Å². The maximum atomic E-state index is 12.3. The monoisotopic (exact) mass is 247 g/mol. The third-order valence-electron chi connectivity index (χ3n) is 3.84. The average molecular weight is 247 g/mol. The number of nitrogens with one attached hydrogen (secondary N) is 1. The lowest BCUT2D eigenvalue weighted by Gasteiger charge is -2.23. The van der Waals surface area contributed by atoms with Gasteiger partial charge in [-0.25, -0.2) is 0 Å². The molecular weight excluding hydrogens is 226 g/mol. The molecule has 0 radical (unpaired) electrons. The Kier molecular flexibility index (Phi) is 4.03. The molecule has 1 N–H and O–H groups in total. The highest BCUT2D eigenvalue weighted by Gasteiger charge is 2.36. The zero-order chi connectivity index (χ0) is 13.1. The van der Waals surface area contributed by atoms with Crippen LogP contribution in [-0.4, -0.2) is 36.0 Å². The second kappa shape index (κ2) is 5.53. The van der Waals surface area contributed by atoms with Gasteiger partial charge in [0.05, 0.1) is 12.1 Å². The molecule has 4 heteroatoms. The van der Waals surface area contributed by atoms with Crippen molar-refractivity contribution in [3.05, 3.63) is 12.2 Å². The predicted molar refractivity (Wildman–Crippen MR) is 69.7 cm³/mol. The van der Waals surface area contributed by atoms with Crippen molar-refractivity contribution in [3.63, 3.8) is 0 Å². The van der Waals surface area contributed by atoms with Crippen molar-refractivity contribution in [3.8, 4) is 6.07 Å². The van der Waals surface area contributed by atoms with Crippen molar-refractivity contribution in [1.82, 2.24) is 10.2 Å². The first-order valence-corrected chi connectivity index (χ1v) is 6.69. The summed E-state index contributed by atoms with van der Waals surface area (Å²) in [6.07, 6.45) is 3.63. The summed E-state index contributed by atoms with van der Waals surface area (Å²) in [6.45, 7) is 7.57. The lowest BCUT2D eigenvalue weighted by Crippen LogP contribution is -2.45. The Morgan fingerprint density at radius 2 is 2.39 bits per heavy atom. The summed E-state index contributed by atoms with van der Waals surface area (Å²) in [4.78, 5) is 14.1. The van der Waals surface area contributed by atoms with Gasteiger partial charge in [-0.1, -0.05) is 5.57 Å². The van der Waals surface area contributed by atoms with Gasteiger partial charge in [-0.3, -0.25) is 4.79 Å². The SMILES string of the molecule is C=C(C)C[C@@H]1CN[C@H](C(=O)N2CCC[C@H]2C#N)C1. The molecule has 2 heterocycles.